The predicted octanol–water partition coefficient (Wildman–Crippen LogP) is 2.16. The van der Waals surface area contributed by atoms with Gasteiger partial charge >= 0.3 is 0 Å². The lowest BCUT2D eigenvalue weighted by Crippen LogP contribution is -2.64. The molecule has 1 fully saturated rings. The van der Waals surface area contributed by atoms with Gasteiger partial charge in [-0.3, -0.25) is 0 Å². The molecule has 2 aromatic carbocycles. The van der Waals surface area contributed by atoms with Crippen LogP contribution in [0.25, 0.3) is 0 Å². The van der Waals surface area contributed by atoms with E-state index in [0.29, 0.717) is 23.6 Å². The number of halogens is 1. The molecular formula is C24H29ClO7. The van der Waals surface area contributed by atoms with Crippen LogP contribution in [0.3, 0.4) is 0 Å². The minimum absolute atomic E-state index is 0.00509. The van der Waals surface area contributed by atoms with Crippen molar-refractivity contribution in [1.82, 2.24) is 0 Å². The number of hydrogen-bond donors (Lipinski definition) is 4. The SMILES string of the molecule is C=CCOC1(c2ccc(Cl)c(Cc3ccc(OCC)cc3)c2)OC(CO)C(O)C(O)C1O. The minimum atomic E-state index is -1.83. The van der Waals surface area contributed by atoms with Gasteiger partial charge in [0.25, 0.3) is 0 Å². The molecule has 5 atom stereocenters. The Kier molecular flexibility index (Phi) is 8.30. The third kappa shape index (κ3) is 5.00. The zero-order chi connectivity index (χ0) is 23.3. The molecule has 0 aliphatic carbocycles. The van der Waals surface area contributed by atoms with E-state index in [2.05, 4.69) is 6.58 Å². The molecule has 32 heavy (non-hydrogen) atoms. The highest BCUT2D eigenvalue weighted by Gasteiger charge is 2.55. The number of aliphatic hydroxyl groups is 4. The molecule has 4 N–H and O–H groups in total. The smallest absolute Gasteiger partial charge is 0.225 e. The van der Waals surface area contributed by atoms with Crippen LogP contribution >= 0.6 is 11.6 Å². The van der Waals surface area contributed by atoms with Crippen LogP contribution in [0.1, 0.15) is 23.6 Å². The van der Waals surface area contributed by atoms with Crippen molar-refractivity contribution in [1.29, 1.82) is 0 Å². The maximum Gasteiger partial charge on any atom is 0.225 e. The molecule has 1 aliphatic rings. The Morgan fingerprint density at radius 2 is 1.84 bits per heavy atom. The first-order valence-corrected chi connectivity index (χ1v) is 10.8. The molecule has 174 valence electrons. The fraction of sp³-hybridized carbons (Fsp3) is 0.417. The summed E-state index contributed by atoms with van der Waals surface area (Å²) in [5, 5.41) is 41.6. The predicted molar refractivity (Wildman–Crippen MR) is 120 cm³/mol. The van der Waals surface area contributed by atoms with E-state index in [-0.39, 0.29) is 6.61 Å². The van der Waals surface area contributed by atoms with Gasteiger partial charge in [0.2, 0.25) is 5.79 Å². The molecule has 0 saturated carbocycles. The molecule has 1 aliphatic heterocycles. The van der Waals surface area contributed by atoms with E-state index in [9.17, 15) is 20.4 Å². The van der Waals surface area contributed by atoms with Crippen molar-refractivity contribution in [2.75, 3.05) is 19.8 Å². The Hall–Kier alpha value is -1.97. The van der Waals surface area contributed by atoms with Crippen LogP contribution in [0, 0.1) is 0 Å². The quantitative estimate of drug-likeness (QED) is 0.421. The van der Waals surface area contributed by atoms with Crippen molar-refractivity contribution in [2.45, 2.75) is 43.5 Å². The second-order valence-corrected chi connectivity index (χ2v) is 8.00. The van der Waals surface area contributed by atoms with Crippen LogP contribution in [0.2, 0.25) is 5.02 Å². The zero-order valence-corrected chi connectivity index (χ0v) is 18.6. The molecule has 1 heterocycles. The lowest BCUT2D eigenvalue weighted by atomic mass is 9.87. The maximum absolute atomic E-state index is 10.9. The molecule has 0 amide bonds. The Balaban J connectivity index is 1.98. The summed E-state index contributed by atoms with van der Waals surface area (Å²) in [6.07, 6.45) is -3.91. The highest BCUT2D eigenvalue weighted by Crippen LogP contribution is 2.41. The van der Waals surface area contributed by atoms with E-state index in [1.165, 1.54) is 6.08 Å². The van der Waals surface area contributed by atoms with E-state index in [0.717, 1.165) is 16.9 Å². The van der Waals surface area contributed by atoms with Crippen molar-refractivity contribution >= 4 is 11.6 Å². The largest absolute Gasteiger partial charge is 0.494 e. The number of aliphatic hydroxyl groups excluding tert-OH is 4. The van der Waals surface area contributed by atoms with Crippen molar-refractivity contribution in [3.8, 4) is 5.75 Å². The van der Waals surface area contributed by atoms with E-state index >= 15 is 0 Å². The molecule has 2 aromatic rings. The molecule has 8 heteroatoms. The summed E-state index contributed by atoms with van der Waals surface area (Å²) in [4.78, 5) is 0. The Morgan fingerprint density at radius 3 is 2.47 bits per heavy atom. The molecule has 1 saturated heterocycles. The third-order valence-electron chi connectivity index (χ3n) is 5.44. The van der Waals surface area contributed by atoms with Crippen LogP contribution in [0.5, 0.6) is 5.75 Å². The molecule has 0 radical (unpaired) electrons. The first-order valence-electron chi connectivity index (χ1n) is 10.4. The molecular weight excluding hydrogens is 436 g/mol. The summed E-state index contributed by atoms with van der Waals surface area (Å²) in [6, 6.07) is 12.6. The zero-order valence-electron chi connectivity index (χ0n) is 17.9. The van der Waals surface area contributed by atoms with Gasteiger partial charge in [-0.25, -0.2) is 0 Å². The average molecular weight is 465 g/mol. The average Bonchev–Trinajstić information content (AvgIpc) is 2.80. The Bertz CT molecular complexity index is 902. The van der Waals surface area contributed by atoms with Gasteiger partial charge in [0, 0.05) is 10.6 Å². The maximum atomic E-state index is 10.9. The molecule has 0 bridgehead atoms. The van der Waals surface area contributed by atoms with Crippen LogP contribution < -0.4 is 4.74 Å². The number of ether oxygens (including phenoxy) is 3. The van der Waals surface area contributed by atoms with Gasteiger partial charge in [0.1, 0.15) is 30.2 Å². The second-order valence-electron chi connectivity index (χ2n) is 7.59. The summed E-state index contributed by atoms with van der Waals surface area (Å²) < 4.78 is 17.2. The normalized spacial score (nSPS) is 27.8. The van der Waals surface area contributed by atoms with Crippen LogP contribution in [0.15, 0.2) is 55.1 Å². The summed E-state index contributed by atoms with van der Waals surface area (Å²) in [5.74, 6) is -1.06. The standard InChI is InChI=1S/C24H29ClO7/c1-3-11-31-24(23(29)22(28)21(27)20(14-26)32-24)17-7-10-19(25)16(13-17)12-15-5-8-18(9-6-15)30-4-2/h3,5-10,13,20-23,26-29H,1,4,11-12,14H2,2H3. The Labute approximate surface area is 192 Å². The third-order valence-corrected chi connectivity index (χ3v) is 5.81. The molecule has 3 rings (SSSR count). The van der Waals surface area contributed by atoms with Gasteiger partial charge in [-0.15, -0.1) is 6.58 Å². The van der Waals surface area contributed by atoms with Gasteiger partial charge in [-0.2, -0.15) is 0 Å². The van der Waals surface area contributed by atoms with Gasteiger partial charge in [0.05, 0.1) is 19.8 Å². The molecule has 7 nitrogen and oxygen atoms in total. The Morgan fingerprint density at radius 1 is 1.12 bits per heavy atom. The van der Waals surface area contributed by atoms with E-state index in [1.54, 1.807) is 18.2 Å². The second kappa shape index (κ2) is 10.8. The molecule has 5 unspecified atom stereocenters. The van der Waals surface area contributed by atoms with Crippen LogP contribution in [-0.4, -0.2) is 64.7 Å². The highest BCUT2D eigenvalue weighted by atomic mass is 35.5. The molecule has 0 spiro atoms. The fourth-order valence-electron chi connectivity index (χ4n) is 3.78. The van der Waals surface area contributed by atoms with Crippen molar-refractivity contribution < 1.29 is 34.6 Å². The monoisotopic (exact) mass is 464 g/mol. The number of benzene rings is 2. The van der Waals surface area contributed by atoms with Gasteiger partial charge in [-0.1, -0.05) is 35.9 Å². The lowest BCUT2D eigenvalue weighted by molar-refractivity contribution is -0.370. The number of rotatable bonds is 9. The van der Waals surface area contributed by atoms with E-state index in [4.69, 9.17) is 25.8 Å². The number of hydrogen-bond acceptors (Lipinski definition) is 7. The van der Waals surface area contributed by atoms with Gasteiger partial charge < -0.3 is 34.6 Å². The van der Waals surface area contributed by atoms with E-state index in [1.807, 2.05) is 31.2 Å². The van der Waals surface area contributed by atoms with Crippen molar-refractivity contribution in [3.63, 3.8) is 0 Å². The van der Waals surface area contributed by atoms with Gasteiger partial charge in [-0.05, 0) is 48.7 Å². The van der Waals surface area contributed by atoms with Crippen molar-refractivity contribution in [2.24, 2.45) is 0 Å². The van der Waals surface area contributed by atoms with Crippen molar-refractivity contribution in [3.05, 3.63) is 76.8 Å². The summed E-state index contributed by atoms with van der Waals surface area (Å²) in [5.41, 5.74) is 2.12. The van der Waals surface area contributed by atoms with Crippen LogP contribution in [-0.2, 0) is 21.7 Å². The summed E-state index contributed by atoms with van der Waals surface area (Å²) in [7, 11) is 0. The highest BCUT2D eigenvalue weighted by molar-refractivity contribution is 6.31. The first kappa shape index (κ1) is 24.7. The van der Waals surface area contributed by atoms with E-state index < -0.39 is 36.8 Å². The fourth-order valence-corrected chi connectivity index (χ4v) is 3.97. The molecule has 0 aromatic heterocycles. The minimum Gasteiger partial charge on any atom is -0.494 e. The van der Waals surface area contributed by atoms with Crippen LogP contribution in [0.4, 0.5) is 0 Å². The topological polar surface area (TPSA) is 109 Å². The first-order chi connectivity index (χ1) is 15.4. The summed E-state index contributed by atoms with van der Waals surface area (Å²) in [6.45, 7) is 5.54. The lowest BCUT2D eigenvalue weighted by Gasteiger charge is -2.48. The van der Waals surface area contributed by atoms with Gasteiger partial charge in [0.15, 0.2) is 0 Å². The summed E-state index contributed by atoms with van der Waals surface area (Å²) >= 11 is 6.45.